The van der Waals surface area contributed by atoms with E-state index in [1.807, 2.05) is 86.3 Å². The van der Waals surface area contributed by atoms with E-state index in [2.05, 4.69) is 26.8 Å². The number of anilines is 2. The van der Waals surface area contributed by atoms with Gasteiger partial charge >= 0.3 is 0 Å². The second kappa shape index (κ2) is 9.92. The van der Waals surface area contributed by atoms with Crippen LogP contribution in [0.4, 0.5) is 11.5 Å². The maximum Gasteiger partial charge on any atom is 0.246 e. The van der Waals surface area contributed by atoms with Crippen LogP contribution in [0, 0.1) is 6.92 Å². The Bertz CT molecular complexity index is 1800. The molecule has 0 spiro atoms. The standard InChI is InChI=1S/C31H29N7O2/c1-5-28(39)38(4)31(14-15-31)13-12-21-6-9-24-29(35-21)30(33-18-32-24)36-22-7-11-27(20(2)16-22)40-23-8-10-26-25(17-23)34-19-37(26)3/h5-13,16-19H,1,14-15H2,2-4H3,(H,32,33,36). The third kappa shape index (κ3) is 4.77. The summed E-state index contributed by atoms with van der Waals surface area (Å²) in [4.78, 5) is 31.9. The number of pyridine rings is 1. The van der Waals surface area contributed by atoms with Gasteiger partial charge < -0.3 is 19.5 Å². The topological polar surface area (TPSA) is 98.1 Å². The van der Waals surface area contributed by atoms with E-state index in [4.69, 9.17) is 9.72 Å². The first-order valence-corrected chi connectivity index (χ1v) is 13.0. The maximum absolute atomic E-state index is 12.1. The Morgan fingerprint density at radius 3 is 2.73 bits per heavy atom. The zero-order chi connectivity index (χ0) is 27.9. The molecule has 1 amide bonds. The Kier molecular flexibility index (Phi) is 6.26. The molecule has 40 heavy (non-hydrogen) atoms. The normalized spacial score (nSPS) is 14.0. The fourth-order valence-corrected chi connectivity index (χ4v) is 4.76. The summed E-state index contributed by atoms with van der Waals surface area (Å²) in [6, 6.07) is 15.6. The molecule has 1 saturated carbocycles. The van der Waals surface area contributed by atoms with Crippen LogP contribution in [0.2, 0.25) is 0 Å². The molecule has 1 aliphatic carbocycles. The van der Waals surface area contributed by atoms with Crippen LogP contribution in [0.1, 0.15) is 24.1 Å². The summed E-state index contributed by atoms with van der Waals surface area (Å²) >= 11 is 0. The Hall–Kier alpha value is -5.05. The number of rotatable bonds is 8. The lowest BCUT2D eigenvalue weighted by atomic mass is 10.1. The molecular formula is C31H29N7O2. The van der Waals surface area contributed by atoms with E-state index >= 15 is 0 Å². The van der Waals surface area contributed by atoms with E-state index in [1.165, 1.54) is 12.4 Å². The minimum absolute atomic E-state index is 0.0884. The molecule has 0 bridgehead atoms. The van der Waals surface area contributed by atoms with Gasteiger partial charge in [0, 0.05) is 25.8 Å². The minimum atomic E-state index is -0.277. The zero-order valence-electron chi connectivity index (χ0n) is 22.6. The van der Waals surface area contributed by atoms with Gasteiger partial charge in [-0.1, -0.05) is 12.7 Å². The van der Waals surface area contributed by atoms with Crippen molar-refractivity contribution < 1.29 is 9.53 Å². The quantitative estimate of drug-likeness (QED) is 0.247. The molecule has 0 atom stereocenters. The number of fused-ring (bicyclic) bond motifs is 2. The van der Waals surface area contributed by atoms with Crippen molar-refractivity contribution in [2.75, 3.05) is 12.4 Å². The number of carbonyl (C=O) groups is 1. The van der Waals surface area contributed by atoms with Crippen LogP contribution in [0.5, 0.6) is 11.5 Å². The molecule has 200 valence electrons. The molecule has 3 aromatic heterocycles. The average molecular weight is 532 g/mol. The van der Waals surface area contributed by atoms with Crippen molar-refractivity contribution in [1.29, 1.82) is 0 Å². The van der Waals surface area contributed by atoms with Crippen LogP contribution < -0.4 is 10.1 Å². The van der Waals surface area contributed by atoms with Crippen LogP contribution in [0.25, 0.3) is 28.1 Å². The lowest BCUT2D eigenvalue weighted by molar-refractivity contribution is -0.126. The number of aryl methyl sites for hydroxylation is 2. The molecule has 0 radical (unpaired) electrons. The number of hydrogen-bond acceptors (Lipinski definition) is 7. The number of ether oxygens (including phenoxy) is 1. The van der Waals surface area contributed by atoms with Gasteiger partial charge in [-0.2, -0.15) is 0 Å². The average Bonchev–Trinajstić information content (AvgIpc) is 3.68. The van der Waals surface area contributed by atoms with Crippen LogP contribution in [0.3, 0.4) is 0 Å². The fraction of sp³-hybridized carbons (Fsp3) is 0.194. The van der Waals surface area contributed by atoms with Gasteiger partial charge in [0.25, 0.3) is 0 Å². The summed E-state index contributed by atoms with van der Waals surface area (Å²) in [5, 5.41) is 3.39. The number of nitrogens with one attached hydrogen (secondary N) is 1. The molecule has 6 rings (SSSR count). The monoisotopic (exact) mass is 531 g/mol. The highest BCUT2D eigenvalue weighted by atomic mass is 16.5. The third-order valence-electron chi connectivity index (χ3n) is 7.37. The van der Waals surface area contributed by atoms with E-state index in [9.17, 15) is 4.79 Å². The highest BCUT2D eigenvalue weighted by Crippen LogP contribution is 2.43. The number of nitrogens with zero attached hydrogens (tertiary/aromatic N) is 6. The Balaban J connectivity index is 1.22. The summed E-state index contributed by atoms with van der Waals surface area (Å²) in [5.74, 6) is 2.01. The van der Waals surface area contributed by atoms with Gasteiger partial charge in [-0.3, -0.25) is 4.79 Å². The smallest absolute Gasteiger partial charge is 0.246 e. The van der Waals surface area contributed by atoms with Crippen molar-refractivity contribution in [3.63, 3.8) is 0 Å². The molecule has 1 fully saturated rings. The van der Waals surface area contributed by atoms with E-state index < -0.39 is 0 Å². The fourth-order valence-electron chi connectivity index (χ4n) is 4.76. The van der Waals surface area contributed by atoms with Gasteiger partial charge in [0.15, 0.2) is 5.82 Å². The molecule has 3 heterocycles. The first-order valence-electron chi connectivity index (χ1n) is 13.0. The van der Waals surface area contributed by atoms with E-state index in [0.29, 0.717) is 11.3 Å². The Labute approximate surface area is 231 Å². The highest BCUT2D eigenvalue weighted by molar-refractivity contribution is 5.89. The Morgan fingerprint density at radius 1 is 1.10 bits per heavy atom. The first kappa shape index (κ1) is 25.2. The van der Waals surface area contributed by atoms with Crippen LogP contribution in [0.15, 0.2) is 79.9 Å². The molecule has 9 nitrogen and oxygen atoms in total. The van der Waals surface area contributed by atoms with Gasteiger partial charge in [-0.15, -0.1) is 0 Å². The number of benzene rings is 2. The Morgan fingerprint density at radius 2 is 1.95 bits per heavy atom. The van der Waals surface area contributed by atoms with Crippen molar-refractivity contribution in [2.45, 2.75) is 25.3 Å². The molecule has 0 saturated heterocycles. The lowest BCUT2D eigenvalue weighted by Gasteiger charge is -2.24. The highest BCUT2D eigenvalue weighted by Gasteiger charge is 2.45. The van der Waals surface area contributed by atoms with Gasteiger partial charge in [0.2, 0.25) is 5.91 Å². The molecule has 0 aliphatic heterocycles. The van der Waals surface area contributed by atoms with Crippen molar-refractivity contribution in [3.8, 4) is 11.5 Å². The number of amides is 1. The molecule has 5 aromatic rings. The zero-order valence-corrected chi connectivity index (χ0v) is 22.6. The van der Waals surface area contributed by atoms with Gasteiger partial charge in [0.05, 0.1) is 34.1 Å². The number of hydrogen-bond donors (Lipinski definition) is 1. The minimum Gasteiger partial charge on any atom is -0.457 e. The van der Waals surface area contributed by atoms with Crippen molar-refractivity contribution in [2.24, 2.45) is 7.05 Å². The molecule has 0 unspecified atom stereocenters. The molecule has 1 N–H and O–H groups in total. The van der Waals surface area contributed by atoms with Crippen LogP contribution in [-0.2, 0) is 11.8 Å². The maximum atomic E-state index is 12.1. The molecule has 1 aliphatic rings. The van der Waals surface area contributed by atoms with E-state index in [1.54, 1.807) is 11.2 Å². The SMILES string of the molecule is C=CC(=O)N(C)C1(C=Cc2ccc3ncnc(Nc4ccc(Oc5ccc6c(c5)ncn6C)c(C)c4)c3n2)CC1. The predicted molar refractivity (Wildman–Crippen MR) is 157 cm³/mol. The number of aromatic nitrogens is 5. The second-order valence-corrected chi connectivity index (χ2v) is 10.1. The number of imidazole rings is 1. The van der Waals surface area contributed by atoms with Gasteiger partial charge in [0.1, 0.15) is 23.3 Å². The van der Waals surface area contributed by atoms with E-state index in [-0.39, 0.29) is 11.4 Å². The van der Waals surface area contributed by atoms with Crippen LogP contribution in [-0.4, -0.2) is 47.9 Å². The second-order valence-electron chi connectivity index (χ2n) is 10.1. The number of likely N-dealkylation sites (N-methyl/N-ethyl adjacent to an activating group) is 1. The molecule has 2 aromatic carbocycles. The van der Waals surface area contributed by atoms with Gasteiger partial charge in [-0.05, 0) is 79.9 Å². The molecule has 9 heteroatoms. The largest absolute Gasteiger partial charge is 0.457 e. The van der Waals surface area contributed by atoms with Crippen LogP contribution >= 0.6 is 0 Å². The third-order valence-corrected chi connectivity index (χ3v) is 7.37. The van der Waals surface area contributed by atoms with Crippen molar-refractivity contribution in [3.05, 3.63) is 91.2 Å². The number of carbonyl (C=O) groups excluding carboxylic acids is 1. The summed E-state index contributed by atoms with van der Waals surface area (Å²) < 4.78 is 8.14. The van der Waals surface area contributed by atoms with E-state index in [0.717, 1.165) is 57.8 Å². The molecular weight excluding hydrogens is 502 g/mol. The predicted octanol–water partition coefficient (Wildman–Crippen LogP) is 5.95. The van der Waals surface area contributed by atoms with Gasteiger partial charge in [-0.25, -0.2) is 19.9 Å². The summed E-state index contributed by atoms with van der Waals surface area (Å²) in [6.45, 7) is 5.60. The van der Waals surface area contributed by atoms with Crippen molar-refractivity contribution in [1.82, 2.24) is 29.4 Å². The summed E-state index contributed by atoms with van der Waals surface area (Å²) in [5.41, 5.74) is 5.64. The first-order chi connectivity index (χ1) is 19.3. The summed E-state index contributed by atoms with van der Waals surface area (Å²) in [6.07, 6.45) is 10.5. The van der Waals surface area contributed by atoms with Crippen molar-refractivity contribution >= 4 is 45.6 Å². The summed E-state index contributed by atoms with van der Waals surface area (Å²) in [7, 11) is 3.78. The lowest BCUT2D eigenvalue weighted by Crippen LogP contribution is -2.36.